The molecule has 1 aromatic carbocycles. The van der Waals surface area contributed by atoms with Crippen LogP contribution in [0, 0.1) is 0 Å². The van der Waals surface area contributed by atoms with Gasteiger partial charge >= 0.3 is 0 Å². The zero-order chi connectivity index (χ0) is 12.7. The molecular formula is C13H21ClN2O2. The van der Waals surface area contributed by atoms with Crippen LogP contribution in [0.3, 0.4) is 0 Å². The second-order valence-corrected chi connectivity index (χ2v) is 3.79. The number of hydrogen-bond donors (Lipinski definition) is 1. The van der Waals surface area contributed by atoms with Crippen LogP contribution in [-0.2, 0) is 11.3 Å². The summed E-state index contributed by atoms with van der Waals surface area (Å²) >= 11 is 0. The maximum atomic E-state index is 11.7. The van der Waals surface area contributed by atoms with E-state index in [9.17, 15) is 4.79 Å². The van der Waals surface area contributed by atoms with Crippen LogP contribution in [0.15, 0.2) is 24.3 Å². The molecule has 1 aromatic rings. The summed E-state index contributed by atoms with van der Waals surface area (Å²) in [6.07, 6.45) is 0. The molecule has 0 aliphatic heterocycles. The first-order chi connectivity index (χ1) is 8.21. The quantitative estimate of drug-likeness (QED) is 0.857. The minimum atomic E-state index is 0. The molecule has 0 aliphatic rings. The first kappa shape index (κ1) is 16.7. The second-order valence-electron chi connectivity index (χ2n) is 3.79. The van der Waals surface area contributed by atoms with Crippen molar-refractivity contribution >= 4 is 18.3 Å². The van der Waals surface area contributed by atoms with Crippen LogP contribution in [0.1, 0.15) is 12.5 Å². The number of carbonyl (C=O) groups is 1. The third-order valence-electron chi connectivity index (χ3n) is 2.59. The number of hydrogen-bond acceptors (Lipinski definition) is 3. The fourth-order valence-electron chi connectivity index (χ4n) is 1.59. The van der Waals surface area contributed by atoms with Crippen LogP contribution >= 0.6 is 12.4 Å². The first-order valence-corrected chi connectivity index (χ1v) is 5.76. The summed E-state index contributed by atoms with van der Waals surface area (Å²) in [7, 11) is 3.42. The van der Waals surface area contributed by atoms with Crippen molar-refractivity contribution in [2.75, 3.05) is 27.2 Å². The number of benzene rings is 1. The van der Waals surface area contributed by atoms with Crippen molar-refractivity contribution in [1.29, 1.82) is 0 Å². The lowest BCUT2D eigenvalue weighted by Crippen LogP contribution is -2.36. The summed E-state index contributed by atoms with van der Waals surface area (Å²) in [5.74, 6) is 0.948. The highest BCUT2D eigenvalue weighted by molar-refractivity contribution is 5.85. The molecule has 0 aliphatic carbocycles. The van der Waals surface area contributed by atoms with Crippen molar-refractivity contribution in [2.24, 2.45) is 0 Å². The van der Waals surface area contributed by atoms with Gasteiger partial charge in [0.25, 0.3) is 0 Å². The topological polar surface area (TPSA) is 41.6 Å². The molecule has 0 unspecified atom stereocenters. The van der Waals surface area contributed by atoms with Gasteiger partial charge in [-0.2, -0.15) is 0 Å². The lowest BCUT2D eigenvalue weighted by atomic mass is 10.2. The van der Waals surface area contributed by atoms with E-state index in [1.54, 1.807) is 14.2 Å². The van der Waals surface area contributed by atoms with Crippen molar-refractivity contribution in [3.8, 4) is 5.75 Å². The lowest BCUT2D eigenvalue weighted by molar-refractivity contribution is -0.130. The van der Waals surface area contributed by atoms with Gasteiger partial charge in [0, 0.05) is 13.1 Å². The molecule has 1 rings (SSSR count). The molecule has 0 saturated heterocycles. The number of rotatable bonds is 6. The average Bonchev–Trinajstić information content (AvgIpc) is 2.37. The van der Waals surface area contributed by atoms with Gasteiger partial charge in [0.2, 0.25) is 5.91 Å². The molecule has 0 fully saturated rings. The van der Waals surface area contributed by atoms with Gasteiger partial charge in [0.1, 0.15) is 5.75 Å². The van der Waals surface area contributed by atoms with Crippen LogP contribution < -0.4 is 10.1 Å². The number of carbonyl (C=O) groups excluding carboxylic acids is 1. The summed E-state index contributed by atoms with van der Waals surface area (Å²) in [6, 6.07) is 7.78. The number of amides is 1. The Kier molecular flexibility index (Phi) is 8.16. The molecule has 4 nitrogen and oxygen atoms in total. The Hall–Kier alpha value is -1.26. The maximum Gasteiger partial charge on any atom is 0.236 e. The molecule has 0 saturated carbocycles. The van der Waals surface area contributed by atoms with Crippen LogP contribution in [-0.4, -0.2) is 38.1 Å². The first-order valence-electron chi connectivity index (χ1n) is 5.76. The number of nitrogens with one attached hydrogen (secondary N) is 1. The van der Waals surface area contributed by atoms with Gasteiger partial charge < -0.3 is 15.0 Å². The van der Waals surface area contributed by atoms with Crippen molar-refractivity contribution in [2.45, 2.75) is 13.5 Å². The van der Waals surface area contributed by atoms with E-state index in [4.69, 9.17) is 4.74 Å². The number of likely N-dealkylation sites (N-methyl/N-ethyl adjacent to an activating group) is 2. The largest absolute Gasteiger partial charge is 0.497 e. The number of nitrogens with zero attached hydrogens (tertiary/aromatic N) is 1. The van der Waals surface area contributed by atoms with Crippen LogP contribution in [0.25, 0.3) is 0 Å². The zero-order valence-electron chi connectivity index (χ0n) is 11.1. The Labute approximate surface area is 115 Å². The standard InChI is InChI=1S/C13H20N2O2.ClH/c1-4-15(13(16)9-14-2)10-11-5-7-12(17-3)8-6-11;/h5-8,14H,4,9-10H2,1-3H3;1H. The van der Waals surface area contributed by atoms with Gasteiger partial charge in [0.05, 0.1) is 13.7 Å². The van der Waals surface area contributed by atoms with Crippen molar-refractivity contribution in [3.63, 3.8) is 0 Å². The Morgan fingerprint density at radius 3 is 2.39 bits per heavy atom. The van der Waals surface area contributed by atoms with E-state index in [0.717, 1.165) is 11.3 Å². The van der Waals surface area contributed by atoms with E-state index in [0.29, 0.717) is 19.6 Å². The van der Waals surface area contributed by atoms with Gasteiger partial charge in [-0.05, 0) is 31.7 Å². The Balaban J connectivity index is 0.00000289. The summed E-state index contributed by atoms with van der Waals surface area (Å²) in [6.45, 7) is 3.72. The van der Waals surface area contributed by atoms with Gasteiger partial charge in [-0.3, -0.25) is 4.79 Å². The summed E-state index contributed by atoms with van der Waals surface area (Å²) in [5.41, 5.74) is 1.11. The van der Waals surface area contributed by atoms with Gasteiger partial charge in [-0.1, -0.05) is 12.1 Å². The maximum absolute atomic E-state index is 11.7. The van der Waals surface area contributed by atoms with Crippen LogP contribution in [0.5, 0.6) is 5.75 Å². The van der Waals surface area contributed by atoms with E-state index in [1.165, 1.54) is 0 Å². The molecule has 0 radical (unpaired) electrons. The van der Waals surface area contributed by atoms with Crippen molar-refractivity contribution in [1.82, 2.24) is 10.2 Å². The molecule has 0 aromatic heterocycles. The molecular weight excluding hydrogens is 252 g/mol. The van der Waals surface area contributed by atoms with Crippen molar-refractivity contribution in [3.05, 3.63) is 29.8 Å². The lowest BCUT2D eigenvalue weighted by Gasteiger charge is -2.21. The zero-order valence-corrected chi connectivity index (χ0v) is 11.9. The average molecular weight is 273 g/mol. The number of methoxy groups -OCH3 is 1. The molecule has 5 heteroatoms. The van der Waals surface area contributed by atoms with Crippen LogP contribution in [0.4, 0.5) is 0 Å². The third-order valence-corrected chi connectivity index (χ3v) is 2.59. The molecule has 18 heavy (non-hydrogen) atoms. The van der Waals surface area contributed by atoms with Gasteiger partial charge in [-0.15, -0.1) is 12.4 Å². The number of ether oxygens (including phenoxy) is 1. The number of halogens is 1. The molecule has 1 N–H and O–H groups in total. The summed E-state index contributed by atoms with van der Waals surface area (Å²) < 4.78 is 5.10. The highest BCUT2D eigenvalue weighted by atomic mass is 35.5. The van der Waals surface area contributed by atoms with Gasteiger partial charge in [0.15, 0.2) is 0 Å². The predicted octanol–water partition coefficient (Wildman–Crippen LogP) is 1.68. The fraction of sp³-hybridized carbons (Fsp3) is 0.462. The Bertz CT molecular complexity index is 355. The van der Waals surface area contributed by atoms with E-state index < -0.39 is 0 Å². The molecule has 0 atom stereocenters. The summed E-state index contributed by atoms with van der Waals surface area (Å²) in [4.78, 5) is 13.6. The van der Waals surface area contributed by atoms with Crippen LogP contribution in [0.2, 0.25) is 0 Å². The monoisotopic (exact) mass is 272 g/mol. The molecule has 0 bridgehead atoms. The van der Waals surface area contributed by atoms with E-state index in [2.05, 4.69) is 5.32 Å². The normalized spacial score (nSPS) is 9.50. The Morgan fingerprint density at radius 1 is 1.33 bits per heavy atom. The Morgan fingerprint density at radius 2 is 1.94 bits per heavy atom. The highest BCUT2D eigenvalue weighted by Crippen LogP contribution is 2.12. The fourth-order valence-corrected chi connectivity index (χ4v) is 1.59. The molecule has 0 spiro atoms. The molecule has 102 valence electrons. The van der Waals surface area contributed by atoms with E-state index in [1.807, 2.05) is 36.1 Å². The van der Waals surface area contributed by atoms with E-state index in [-0.39, 0.29) is 18.3 Å². The van der Waals surface area contributed by atoms with E-state index >= 15 is 0 Å². The van der Waals surface area contributed by atoms with Gasteiger partial charge in [-0.25, -0.2) is 0 Å². The second kappa shape index (κ2) is 8.78. The predicted molar refractivity (Wildman–Crippen MR) is 75.3 cm³/mol. The smallest absolute Gasteiger partial charge is 0.236 e. The van der Waals surface area contributed by atoms with Crippen molar-refractivity contribution < 1.29 is 9.53 Å². The molecule has 1 amide bonds. The minimum absolute atomic E-state index is 0. The summed E-state index contributed by atoms with van der Waals surface area (Å²) in [5, 5.41) is 2.88. The minimum Gasteiger partial charge on any atom is -0.497 e. The molecule has 0 heterocycles. The SMILES string of the molecule is CCN(Cc1ccc(OC)cc1)C(=O)CNC.Cl. The highest BCUT2D eigenvalue weighted by Gasteiger charge is 2.10. The third kappa shape index (κ3) is 4.94.